The highest BCUT2D eigenvalue weighted by Crippen LogP contribution is 2.28. The van der Waals surface area contributed by atoms with Gasteiger partial charge in [0.1, 0.15) is 5.75 Å². The standard InChI is InChI=1S/C20H27N5O3S/c1-5-7-9-14-10-8-11-16(15(14)13-22-25-20(29)21-6-2)28-19-23-17(26-3)12-18(24-19)27-4/h8,10-13H,5-7,9H2,1-4H3,(H2,21,25,29)/b22-13+. The van der Waals surface area contributed by atoms with Gasteiger partial charge in [-0.1, -0.05) is 25.5 Å². The lowest BCUT2D eigenvalue weighted by Crippen LogP contribution is -2.31. The van der Waals surface area contributed by atoms with Crippen LogP contribution in [0.3, 0.4) is 0 Å². The average molecular weight is 418 g/mol. The Morgan fingerprint density at radius 3 is 2.52 bits per heavy atom. The predicted molar refractivity (Wildman–Crippen MR) is 117 cm³/mol. The van der Waals surface area contributed by atoms with Crippen molar-refractivity contribution in [2.45, 2.75) is 33.1 Å². The molecule has 2 N–H and O–H groups in total. The SMILES string of the molecule is CCCCc1cccc(Oc2nc(OC)cc(OC)n2)c1/C=N/NC(=S)NCC. The topological polar surface area (TPSA) is 89.9 Å². The number of benzene rings is 1. The maximum Gasteiger partial charge on any atom is 0.328 e. The lowest BCUT2D eigenvalue weighted by molar-refractivity contribution is 0.348. The van der Waals surface area contributed by atoms with Crippen molar-refractivity contribution in [3.8, 4) is 23.5 Å². The largest absolute Gasteiger partial charge is 0.481 e. The maximum absolute atomic E-state index is 5.97. The molecule has 0 aliphatic carbocycles. The summed E-state index contributed by atoms with van der Waals surface area (Å²) in [4.78, 5) is 8.47. The second kappa shape index (κ2) is 11.8. The summed E-state index contributed by atoms with van der Waals surface area (Å²) in [5.74, 6) is 1.28. The van der Waals surface area contributed by atoms with Gasteiger partial charge in [0.05, 0.1) is 26.5 Å². The Balaban J connectivity index is 2.35. The molecular weight excluding hydrogens is 390 g/mol. The highest BCUT2D eigenvalue weighted by atomic mass is 32.1. The maximum atomic E-state index is 5.97. The van der Waals surface area contributed by atoms with Gasteiger partial charge in [0.15, 0.2) is 5.11 Å². The molecule has 0 amide bonds. The first-order valence-corrected chi connectivity index (χ1v) is 9.85. The number of rotatable bonds is 10. The third kappa shape index (κ3) is 6.86. The molecule has 2 aromatic rings. The molecule has 2 rings (SSSR count). The number of hydrogen-bond donors (Lipinski definition) is 2. The van der Waals surface area contributed by atoms with Crippen LogP contribution in [-0.2, 0) is 6.42 Å². The van der Waals surface area contributed by atoms with Crippen LogP contribution in [0.5, 0.6) is 23.5 Å². The molecular formula is C20H27N5O3S. The summed E-state index contributed by atoms with van der Waals surface area (Å²) in [6.07, 6.45) is 4.73. The molecule has 0 spiro atoms. The molecule has 0 atom stereocenters. The smallest absolute Gasteiger partial charge is 0.328 e. The van der Waals surface area contributed by atoms with Gasteiger partial charge in [0.2, 0.25) is 11.8 Å². The first-order valence-electron chi connectivity index (χ1n) is 9.44. The molecule has 0 fully saturated rings. The monoisotopic (exact) mass is 417 g/mol. The van der Waals surface area contributed by atoms with Crippen LogP contribution >= 0.6 is 12.2 Å². The van der Waals surface area contributed by atoms with E-state index in [0.29, 0.717) is 22.6 Å². The molecule has 0 unspecified atom stereocenters. The second-order valence-corrected chi connectivity index (χ2v) is 6.41. The summed E-state index contributed by atoms with van der Waals surface area (Å²) in [6.45, 7) is 4.84. The van der Waals surface area contributed by atoms with Crippen LogP contribution in [0.25, 0.3) is 0 Å². The number of aryl methyl sites for hydroxylation is 1. The number of unbranched alkanes of at least 4 members (excludes halogenated alkanes) is 1. The number of methoxy groups -OCH3 is 2. The molecule has 9 heteroatoms. The van der Waals surface area contributed by atoms with Gasteiger partial charge in [-0.25, -0.2) is 0 Å². The van der Waals surface area contributed by atoms with E-state index in [1.165, 1.54) is 14.2 Å². The Hall–Kier alpha value is -2.94. The molecule has 0 radical (unpaired) electrons. The molecule has 0 aliphatic rings. The number of nitrogens with one attached hydrogen (secondary N) is 2. The first kappa shape index (κ1) is 22.4. The van der Waals surface area contributed by atoms with Gasteiger partial charge in [-0.3, -0.25) is 5.43 Å². The van der Waals surface area contributed by atoms with E-state index in [2.05, 4.69) is 38.8 Å². The minimum absolute atomic E-state index is 0.125. The second-order valence-electron chi connectivity index (χ2n) is 6.00. The molecule has 1 heterocycles. The van der Waals surface area contributed by atoms with Crippen molar-refractivity contribution in [3.05, 3.63) is 35.4 Å². The fraction of sp³-hybridized carbons (Fsp3) is 0.400. The Morgan fingerprint density at radius 2 is 1.90 bits per heavy atom. The van der Waals surface area contributed by atoms with E-state index in [4.69, 9.17) is 26.4 Å². The van der Waals surface area contributed by atoms with Crippen LogP contribution in [0.1, 0.15) is 37.8 Å². The third-order valence-corrected chi connectivity index (χ3v) is 4.17. The predicted octanol–water partition coefficient (Wildman–Crippen LogP) is 3.45. The molecule has 0 bridgehead atoms. The zero-order valence-corrected chi connectivity index (χ0v) is 18.0. The molecule has 1 aromatic heterocycles. The van der Waals surface area contributed by atoms with Gasteiger partial charge >= 0.3 is 6.01 Å². The van der Waals surface area contributed by atoms with Crippen LogP contribution in [0.2, 0.25) is 0 Å². The minimum atomic E-state index is 0.125. The van der Waals surface area contributed by atoms with E-state index in [1.54, 1.807) is 12.3 Å². The fourth-order valence-corrected chi connectivity index (χ4v) is 2.70. The fourth-order valence-electron chi connectivity index (χ4n) is 2.50. The van der Waals surface area contributed by atoms with Gasteiger partial charge in [0, 0.05) is 12.1 Å². The van der Waals surface area contributed by atoms with Crippen LogP contribution in [0.4, 0.5) is 0 Å². The quantitative estimate of drug-likeness (QED) is 0.345. The summed E-state index contributed by atoms with van der Waals surface area (Å²) in [6, 6.07) is 7.54. The summed E-state index contributed by atoms with van der Waals surface area (Å²) in [7, 11) is 3.04. The Morgan fingerprint density at radius 1 is 1.17 bits per heavy atom. The van der Waals surface area contributed by atoms with Crippen molar-refractivity contribution in [1.29, 1.82) is 0 Å². The van der Waals surface area contributed by atoms with Crippen molar-refractivity contribution in [3.63, 3.8) is 0 Å². The summed E-state index contributed by atoms with van der Waals surface area (Å²) < 4.78 is 16.3. The lowest BCUT2D eigenvalue weighted by atomic mass is 10.0. The van der Waals surface area contributed by atoms with Gasteiger partial charge in [0.25, 0.3) is 0 Å². The number of aromatic nitrogens is 2. The van der Waals surface area contributed by atoms with Crippen LogP contribution in [-0.4, -0.2) is 42.1 Å². The summed E-state index contributed by atoms with van der Waals surface area (Å²) in [5.41, 5.74) is 4.75. The van der Waals surface area contributed by atoms with Gasteiger partial charge in [-0.15, -0.1) is 0 Å². The van der Waals surface area contributed by atoms with E-state index in [0.717, 1.165) is 36.9 Å². The van der Waals surface area contributed by atoms with Gasteiger partial charge in [-0.2, -0.15) is 15.1 Å². The number of nitrogens with zero attached hydrogens (tertiary/aromatic N) is 3. The number of hydrazone groups is 1. The molecule has 1 aromatic carbocycles. The molecule has 156 valence electrons. The number of thiocarbonyl (C=S) groups is 1. The zero-order valence-electron chi connectivity index (χ0n) is 17.2. The molecule has 8 nitrogen and oxygen atoms in total. The van der Waals surface area contributed by atoms with Crippen molar-refractivity contribution in [1.82, 2.24) is 20.7 Å². The van der Waals surface area contributed by atoms with E-state index in [-0.39, 0.29) is 6.01 Å². The van der Waals surface area contributed by atoms with Crippen molar-refractivity contribution >= 4 is 23.5 Å². The lowest BCUT2D eigenvalue weighted by Gasteiger charge is -2.13. The van der Waals surface area contributed by atoms with Crippen LogP contribution in [0.15, 0.2) is 29.4 Å². The number of hydrogen-bond acceptors (Lipinski definition) is 7. The first-order chi connectivity index (χ1) is 14.1. The Kier molecular flexibility index (Phi) is 9.10. The van der Waals surface area contributed by atoms with Crippen LogP contribution in [0, 0.1) is 0 Å². The van der Waals surface area contributed by atoms with Crippen LogP contribution < -0.4 is 25.0 Å². The molecule has 0 saturated carbocycles. The van der Waals surface area contributed by atoms with Crippen molar-refractivity contribution in [2.75, 3.05) is 20.8 Å². The number of ether oxygens (including phenoxy) is 3. The zero-order chi connectivity index (χ0) is 21.1. The van der Waals surface area contributed by atoms with Crippen molar-refractivity contribution in [2.24, 2.45) is 5.10 Å². The van der Waals surface area contributed by atoms with E-state index in [1.807, 2.05) is 19.1 Å². The molecule has 0 aliphatic heterocycles. The van der Waals surface area contributed by atoms with E-state index >= 15 is 0 Å². The Bertz CT molecular complexity index is 823. The van der Waals surface area contributed by atoms with Gasteiger partial charge < -0.3 is 19.5 Å². The third-order valence-electron chi connectivity index (χ3n) is 3.93. The average Bonchev–Trinajstić information content (AvgIpc) is 2.73. The molecule has 29 heavy (non-hydrogen) atoms. The van der Waals surface area contributed by atoms with Crippen molar-refractivity contribution < 1.29 is 14.2 Å². The summed E-state index contributed by atoms with van der Waals surface area (Å²) in [5, 5.41) is 7.69. The minimum Gasteiger partial charge on any atom is -0.481 e. The van der Waals surface area contributed by atoms with E-state index in [9.17, 15) is 0 Å². The highest BCUT2D eigenvalue weighted by Gasteiger charge is 2.13. The normalized spacial score (nSPS) is 10.6. The summed E-state index contributed by atoms with van der Waals surface area (Å²) >= 11 is 5.15. The molecule has 0 saturated heterocycles. The van der Waals surface area contributed by atoms with E-state index < -0.39 is 0 Å². The highest BCUT2D eigenvalue weighted by molar-refractivity contribution is 7.80. The van der Waals surface area contributed by atoms with Gasteiger partial charge in [-0.05, 0) is 43.6 Å². The Labute approximate surface area is 176 Å².